The number of hydrogen-bond acceptors (Lipinski definition) is 5. The molecular formula is C11H11NO4S. The Kier molecular flexibility index (Phi) is 5.20. The second-order valence-electron chi connectivity index (χ2n) is 2.88. The third-order valence-electron chi connectivity index (χ3n) is 1.74. The van der Waals surface area contributed by atoms with Gasteiger partial charge in [0.05, 0.1) is 16.9 Å². The molecule has 17 heavy (non-hydrogen) atoms. The number of methoxy groups -OCH3 is 1. The van der Waals surface area contributed by atoms with Crippen molar-refractivity contribution in [3.8, 4) is 11.8 Å². The summed E-state index contributed by atoms with van der Waals surface area (Å²) in [7, 11) is 1.25. The van der Waals surface area contributed by atoms with Crippen molar-refractivity contribution in [1.82, 2.24) is 5.32 Å². The average molecular weight is 253 g/mol. The SMILES string of the molecule is COC(=O)CNC(=O)c1ccc(C#CCO)s1. The maximum atomic E-state index is 11.5. The van der Waals surface area contributed by atoms with Crippen LogP contribution in [0.4, 0.5) is 0 Å². The van der Waals surface area contributed by atoms with Crippen molar-refractivity contribution in [2.45, 2.75) is 0 Å². The summed E-state index contributed by atoms with van der Waals surface area (Å²) in [4.78, 5) is 23.5. The minimum absolute atomic E-state index is 0.162. The van der Waals surface area contributed by atoms with Crippen LogP contribution in [0.3, 0.4) is 0 Å². The number of esters is 1. The summed E-state index contributed by atoms with van der Waals surface area (Å²) >= 11 is 1.19. The molecule has 0 aliphatic rings. The van der Waals surface area contributed by atoms with Crippen LogP contribution in [0.25, 0.3) is 0 Å². The Morgan fingerprint density at radius 2 is 2.29 bits per heavy atom. The molecule has 0 saturated heterocycles. The second-order valence-corrected chi connectivity index (χ2v) is 3.97. The van der Waals surface area contributed by atoms with Crippen molar-refractivity contribution in [2.24, 2.45) is 0 Å². The fourth-order valence-electron chi connectivity index (χ4n) is 0.965. The number of ether oxygens (including phenoxy) is 1. The third kappa shape index (κ3) is 4.26. The molecule has 90 valence electrons. The summed E-state index contributed by atoms with van der Waals surface area (Å²) in [5, 5.41) is 10.9. The molecular weight excluding hydrogens is 242 g/mol. The van der Waals surface area contributed by atoms with Crippen LogP contribution < -0.4 is 5.32 Å². The summed E-state index contributed by atoms with van der Waals surface area (Å²) in [6, 6.07) is 3.29. The maximum absolute atomic E-state index is 11.5. The molecule has 0 atom stereocenters. The van der Waals surface area contributed by atoms with Crippen LogP contribution in [0, 0.1) is 11.8 Å². The molecule has 6 heteroatoms. The quantitative estimate of drug-likeness (QED) is 0.587. The lowest BCUT2D eigenvalue weighted by Crippen LogP contribution is -2.29. The lowest BCUT2D eigenvalue weighted by molar-refractivity contribution is -0.139. The van der Waals surface area contributed by atoms with Crippen molar-refractivity contribution < 1.29 is 19.4 Å². The van der Waals surface area contributed by atoms with E-state index >= 15 is 0 Å². The molecule has 1 rings (SSSR count). The first-order valence-electron chi connectivity index (χ1n) is 4.72. The lowest BCUT2D eigenvalue weighted by atomic mass is 10.4. The standard InChI is InChI=1S/C11H11NO4S/c1-16-10(14)7-12-11(15)9-5-4-8(17-9)3-2-6-13/h4-5,13H,6-7H2,1H3,(H,12,15). The fourth-order valence-corrected chi connectivity index (χ4v) is 1.76. The van der Waals surface area contributed by atoms with Gasteiger partial charge in [-0.25, -0.2) is 0 Å². The van der Waals surface area contributed by atoms with Gasteiger partial charge in [-0.1, -0.05) is 11.8 Å². The summed E-state index contributed by atoms with van der Waals surface area (Å²) in [6.45, 7) is -0.382. The number of aliphatic hydroxyl groups excluding tert-OH is 1. The van der Waals surface area contributed by atoms with Crippen LogP contribution in [-0.2, 0) is 9.53 Å². The molecule has 0 aliphatic carbocycles. The highest BCUT2D eigenvalue weighted by atomic mass is 32.1. The number of thiophene rings is 1. The van der Waals surface area contributed by atoms with Crippen molar-refractivity contribution in [2.75, 3.05) is 20.3 Å². The van der Waals surface area contributed by atoms with E-state index in [1.807, 2.05) is 0 Å². The molecule has 5 nitrogen and oxygen atoms in total. The first-order valence-corrected chi connectivity index (χ1v) is 5.53. The highest BCUT2D eigenvalue weighted by molar-refractivity contribution is 7.14. The van der Waals surface area contributed by atoms with Gasteiger partial charge in [-0.2, -0.15) is 0 Å². The summed E-state index contributed by atoms with van der Waals surface area (Å²) in [5.74, 6) is 4.32. The summed E-state index contributed by atoms with van der Waals surface area (Å²) < 4.78 is 4.39. The van der Waals surface area contributed by atoms with Crippen LogP contribution in [0.2, 0.25) is 0 Å². The van der Waals surface area contributed by atoms with Crippen LogP contribution in [0.5, 0.6) is 0 Å². The molecule has 1 aromatic heterocycles. The van der Waals surface area contributed by atoms with Gasteiger partial charge in [-0.05, 0) is 12.1 Å². The monoisotopic (exact) mass is 253 g/mol. The first kappa shape index (κ1) is 13.2. The predicted molar refractivity (Wildman–Crippen MR) is 62.6 cm³/mol. The van der Waals surface area contributed by atoms with Gasteiger partial charge in [0.2, 0.25) is 0 Å². The van der Waals surface area contributed by atoms with E-state index in [0.717, 1.165) is 0 Å². The van der Waals surface area contributed by atoms with E-state index in [0.29, 0.717) is 9.75 Å². The van der Waals surface area contributed by atoms with E-state index in [9.17, 15) is 9.59 Å². The Morgan fingerprint density at radius 1 is 1.53 bits per heavy atom. The zero-order valence-electron chi connectivity index (χ0n) is 9.15. The van der Waals surface area contributed by atoms with E-state index in [1.165, 1.54) is 18.4 Å². The largest absolute Gasteiger partial charge is 0.468 e. The average Bonchev–Trinajstić information content (AvgIpc) is 2.81. The van der Waals surface area contributed by atoms with Crippen molar-refractivity contribution in [3.05, 3.63) is 21.9 Å². The van der Waals surface area contributed by atoms with E-state index in [2.05, 4.69) is 21.9 Å². The Bertz CT molecular complexity index is 469. The smallest absolute Gasteiger partial charge is 0.325 e. The molecule has 0 radical (unpaired) electrons. The van der Waals surface area contributed by atoms with Crippen LogP contribution in [0.1, 0.15) is 14.5 Å². The maximum Gasteiger partial charge on any atom is 0.325 e. The topological polar surface area (TPSA) is 75.6 Å². The molecule has 1 heterocycles. The molecule has 0 aromatic carbocycles. The van der Waals surface area contributed by atoms with E-state index in [-0.39, 0.29) is 19.1 Å². The highest BCUT2D eigenvalue weighted by Crippen LogP contribution is 2.14. The highest BCUT2D eigenvalue weighted by Gasteiger charge is 2.09. The molecule has 1 aromatic rings. The molecule has 1 amide bonds. The first-order chi connectivity index (χ1) is 8.17. The van der Waals surface area contributed by atoms with E-state index in [1.54, 1.807) is 12.1 Å². The predicted octanol–water partition coefficient (Wildman–Crippen LogP) is -0.00530. The molecule has 0 aliphatic heterocycles. The third-order valence-corrected chi connectivity index (χ3v) is 2.74. The molecule has 0 fully saturated rings. The molecule has 0 bridgehead atoms. The number of carbonyl (C=O) groups excluding carboxylic acids is 2. The number of hydrogen-bond donors (Lipinski definition) is 2. The van der Waals surface area contributed by atoms with Gasteiger partial charge >= 0.3 is 5.97 Å². The zero-order valence-corrected chi connectivity index (χ0v) is 9.97. The van der Waals surface area contributed by atoms with Gasteiger partial charge in [0.1, 0.15) is 13.2 Å². The number of aliphatic hydroxyl groups is 1. The van der Waals surface area contributed by atoms with Crippen LogP contribution in [0.15, 0.2) is 12.1 Å². The minimum atomic E-state index is -0.504. The van der Waals surface area contributed by atoms with Gasteiger partial charge < -0.3 is 15.2 Å². The number of amides is 1. The van der Waals surface area contributed by atoms with Crippen LogP contribution in [-0.4, -0.2) is 37.2 Å². The number of carbonyl (C=O) groups is 2. The lowest BCUT2D eigenvalue weighted by Gasteiger charge is -2.00. The summed E-state index contributed by atoms with van der Waals surface area (Å²) in [5.41, 5.74) is 0. The van der Waals surface area contributed by atoms with Gasteiger partial charge in [0.15, 0.2) is 0 Å². The van der Waals surface area contributed by atoms with E-state index < -0.39 is 5.97 Å². The molecule has 0 spiro atoms. The Labute approximate surface area is 102 Å². The second kappa shape index (κ2) is 6.68. The van der Waals surface area contributed by atoms with Crippen molar-refractivity contribution in [3.63, 3.8) is 0 Å². The van der Waals surface area contributed by atoms with Gasteiger partial charge in [0, 0.05) is 0 Å². The van der Waals surface area contributed by atoms with Crippen molar-refractivity contribution >= 4 is 23.2 Å². The zero-order chi connectivity index (χ0) is 12.7. The van der Waals surface area contributed by atoms with Crippen molar-refractivity contribution in [1.29, 1.82) is 0 Å². The van der Waals surface area contributed by atoms with Crippen LogP contribution >= 0.6 is 11.3 Å². The Hall–Kier alpha value is -1.84. The fraction of sp³-hybridized carbons (Fsp3) is 0.273. The number of nitrogens with one attached hydrogen (secondary N) is 1. The Balaban J connectivity index is 2.58. The molecule has 2 N–H and O–H groups in total. The minimum Gasteiger partial charge on any atom is -0.468 e. The molecule has 0 unspecified atom stereocenters. The summed E-state index contributed by atoms with van der Waals surface area (Å²) in [6.07, 6.45) is 0. The normalized spacial score (nSPS) is 9.06. The van der Waals surface area contributed by atoms with E-state index in [4.69, 9.17) is 5.11 Å². The number of rotatable bonds is 3. The molecule has 0 saturated carbocycles. The van der Waals surface area contributed by atoms with Gasteiger partial charge in [0.25, 0.3) is 5.91 Å². The Morgan fingerprint density at radius 3 is 2.94 bits per heavy atom. The van der Waals surface area contributed by atoms with Gasteiger partial charge in [-0.15, -0.1) is 11.3 Å². The van der Waals surface area contributed by atoms with Gasteiger partial charge in [-0.3, -0.25) is 9.59 Å².